The Balaban J connectivity index is 1.80. The van der Waals surface area contributed by atoms with Crippen molar-refractivity contribution in [1.82, 2.24) is 15.6 Å². The first-order valence-electron chi connectivity index (χ1n) is 6.71. The third-order valence-corrected chi connectivity index (χ3v) is 4.14. The average molecular weight is 394 g/mol. The second kappa shape index (κ2) is 8.26. The number of thioether (sulfide) groups is 1. The first kappa shape index (κ1) is 19.1. The summed E-state index contributed by atoms with van der Waals surface area (Å²) in [6.07, 6.45) is -2.48. The van der Waals surface area contributed by atoms with E-state index >= 15 is 0 Å². The summed E-state index contributed by atoms with van der Waals surface area (Å²) in [6, 6.07) is 3.30. The fraction of sp³-hybridized carbons (Fsp3) is 0.214. The summed E-state index contributed by atoms with van der Waals surface area (Å²) in [4.78, 5) is 26.8. The number of nitrogens with zero attached hydrogens (tertiary/aromatic N) is 1. The predicted molar refractivity (Wildman–Crippen MR) is 84.1 cm³/mol. The Morgan fingerprint density at radius 3 is 2.72 bits per heavy atom. The van der Waals surface area contributed by atoms with Crippen molar-refractivity contribution < 1.29 is 27.2 Å². The average Bonchev–Trinajstić information content (AvgIpc) is 3.04. The standard InChI is InChI=1S/C14H11ClF3N3O3S/c15-10-4-8(14(16,17)18)5-19-12(10)25-7-11(22)21-13(23)20-6-9-2-1-3-24-9/h1-5H,6-7H2,(H2,20,21,22,23). The zero-order valence-corrected chi connectivity index (χ0v) is 14.0. The molecule has 3 amide bonds. The topological polar surface area (TPSA) is 84.2 Å². The van der Waals surface area contributed by atoms with Crippen molar-refractivity contribution in [3.63, 3.8) is 0 Å². The maximum atomic E-state index is 12.5. The number of carbonyl (C=O) groups is 2. The highest BCUT2D eigenvalue weighted by atomic mass is 35.5. The number of hydrogen-bond donors (Lipinski definition) is 2. The molecule has 0 radical (unpaired) electrons. The van der Waals surface area contributed by atoms with Crippen molar-refractivity contribution in [1.29, 1.82) is 0 Å². The van der Waals surface area contributed by atoms with Gasteiger partial charge >= 0.3 is 12.2 Å². The number of pyridine rings is 1. The summed E-state index contributed by atoms with van der Waals surface area (Å²) in [7, 11) is 0. The Labute approximate surface area is 149 Å². The van der Waals surface area contributed by atoms with E-state index in [1.165, 1.54) is 6.26 Å². The van der Waals surface area contributed by atoms with Gasteiger partial charge in [0.15, 0.2) is 0 Å². The highest BCUT2D eigenvalue weighted by Crippen LogP contribution is 2.33. The Hall–Kier alpha value is -2.20. The molecule has 0 aliphatic rings. The van der Waals surface area contributed by atoms with Crippen LogP contribution < -0.4 is 10.6 Å². The number of urea groups is 1. The molecule has 0 spiro atoms. The molecule has 0 aliphatic heterocycles. The summed E-state index contributed by atoms with van der Waals surface area (Å²) < 4.78 is 42.5. The number of alkyl halides is 3. The van der Waals surface area contributed by atoms with Gasteiger partial charge in [0, 0.05) is 6.20 Å². The minimum absolute atomic E-state index is 0.0563. The van der Waals surface area contributed by atoms with Crippen molar-refractivity contribution in [2.45, 2.75) is 17.7 Å². The molecule has 2 aromatic heterocycles. The molecule has 6 nitrogen and oxygen atoms in total. The van der Waals surface area contributed by atoms with E-state index in [2.05, 4.69) is 15.6 Å². The largest absolute Gasteiger partial charge is 0.467 e. The van der Waals surface area contributed by atoms with E-state index in [-0.39, 0.29) is 22.3 Å². The summed E-state index contributed by atoms with van der Waals surface area (Å²) >= 11 is 6.54. The van der Waals surface area contributed by atoms with Gasteiger partial charge in [0.05, 0.1) is 29.1 Å². The van der Waals surface area contributed by atoms with Gasteiger partial charge < -0.3 is 9.73 Å². The SMILES string of the molecule is O=C(CSc1ncc(C(F)(F)F)cc1Cl)NC(=O)NCc1ccco1. The van der Waals surface area contributed by atoms with Crippen LogP contribution in [0.2, 0.25) is 5.02 Å². The van der Waals surface area contributed by atoms with Crippen LogP contribution in [0.3, 0.4) is 0 Å². The van der Waals surface area contributed by atoms with Gasteiger partial charge in [0.1, 0.15) is 10.8 Å². The number of rotatable bonds is 5. The molecule has 2 N–H and O–H groups in total. The van der Waals surface area contributed by atoms with Crippen LogP contribution in [0.4, 0.5) is 18.0 Å². The first-order chi connectivity index (χ1) is 11.8. The van der Waals surface area contributed by atoms with Crippen LogP contribution in [0, 0.1) is 0 Å². The number of nitrogens with one attached hydrogen (secondary N) is 2. The van der Waals surface area contributed by atoms with E-state index in [1.807, 2.05) is 0 Å². The molecule has 0 fully saturated rings. The number of carbonyl (C=O) groups excluding carboxylic acids is 2. The van der Waals surface area contributed by atoms with Crippen molar-refractivity contribution in [3.8, 4) is 0 Å². The lowest BCUT2D eigenvalue weighted by molar-refractivity contribution is -0.137. The molecule has 0 saturated heterocycles. The van der Waals surface area contributed by atoms with Gasteiger partial charge in [-0.3, -0.25) is 10.1 Å². The maximum Gasteiger partial charge on any atom is 0.417 e. The van der Waals surface area contributed by atoms with E-state index < -0.39 is 23.7 Å². The summed E-state index contributed by atoms with van der Waals surface area (Å²) in [5.74, 6) is -0.385. The molecular formula is C14H11ClF3N3O3S. The third-order valence-electron chi connectivity index (χ3n) is 2.73. The molecule has 0 bridgehead atoms. The van der Waals surface area contributed by atoms with Crippen LogP contribution in [-0.2, 0) is 17.5 Å². The zero-order chi connectivity index (χ0) is 18.4. The van der Waals surface area contributed by atoms with Crippen LogP contribution in [0.25, 0.3) is 0 Å². The molecule has 2 aromatic rings. The fourth-order valence-corrected chi connectivity index (χ4v) is 2.60. The van der Waals surface area contributed by atoms with Crippen LogP contribution in [0.1, 0.15) is 11.3 Å². The van der Waals surface area contributed by atoms with Crippen molar-refractivity contribution in [3.05, 3.63) is 47.0 Å². The maximum absolute atomic E-state index is 12.5. The molecule has 2 rings (SSSR count). The Morgan fingerprint density at radius 1 is 1.36 bits per heavy atom. The summed E-state index contributed by atoms with van der Waals surface area (Å²) in [5, 5.41) is 4.30. The molecule has 0 unspecified atom stereocenters. The molecule has 0 aliphatic carbocycles. The van der Waals surface area contributed by atoms with Gasteiger partial charge in [0.2, 0.25) is 5.91 Å². The molecule has 25 heavy (non-hydrogen) atoms. The number of aromatic nitrogens is 1. The van der Waals surface area contributed by atoms with Gasteiger partial charge in [-0.25, -0.2) is 9.78 Å². The number of amides is 3. The van der Waals surface area contributed by atoms with Crippen molar-refractivity contribution >= 4 is 35.3 Å². The van der Waals surface area contributed by atoms with E-state index in [0.29, 0.717) is 12.0 Å². The molecule has 11 heteroatoms. The normalized spacial score (nSPS) is 11.2. The quantitative estimate of drug-likeness (QED) is 0.760. The van der Waals surface area contributed by atoms with Crippen LogP contribution >= 0.6 is 23.4 Å². The Morgan fingerprint density at radius 2 is 2.12 bits per heavy atom. The van der Waals surface area contributed by atoms with E-state index in [1.54, 1.807) is 12.1 Å². The highest BCUT2D eigenvalue weighted by Gasteiger charge is 2.31. The lowest BCUT2D eigenvalue weighted by atomic mass is 10.3. The van der Waals surface area contributed by atoms with Gasteiger partial charge in [-0.15, -0.1) is 0 Å². The number of furan rings is 1. The minimum Gasteiger partial charge on any atom is -0.467 e. The summed E-state index contributed by atoms with van der Waals surface area (Å²) in [6.45, 7) is 0.103. The Bertz CT molecular complexity index is 754. The Kier molecular flexibility index (Phi) is 6.32. The van der Waals surface area contributed by atoms with Gasteiger partial charge in [-0.05, 0) is 18.2 Å². The van der Waals surface area contributed by atoms with E-state index in [4.69, 9.17) is 16.0 Å². The van der Waals surface area contributed by atoms with Crippen LogP contribution in [-0.4, -0.2) is 22.7 Å². The van der Waals surface area contributed by atoms with Crippen LogP contribution in [0.15, 0.2) is 40.1 Å². The fourth-order valence-electron chi connectivity index (χ4n) is 1.61. The van der Waals surface area contributed by atoms with Gasteiger partial charge in [-0.1, -0.05) is 23.4 Å². The summed E-state index contributed by atoms with van der Waals surface area (Å²) in [5.41, 5.74) is -0.983. The number of imide groups is 1. The smallest absolute Gasteiger partial charge is 0.417 e. The molecule has 0 aromatic carbocycles. The molecule has 134 valence electrons. The first-order valence-corrected chi connectivity index (χ1v) is 8.07. The van der Waals surface area contributed by atoms with Crippen molar-refractivity contribution in [2.75, 3.05) is 5.75 Å². The second-order valence-electron chi connectivity index (χ2n) is 4.61. The van der Waals surface area contributed by atoms with E-state index in [0.717, 1.165) is 17.8 Å². The highest BCUT2D eigenvalue weighted by molar-refractivity contribution is 8.00. The zero-order valence-electron chi connectivity index (χ0n) is 12.4. The lowest BCUT2D eigenvalue weighted by Gasteiger charge is -2.09. The van der Waals surface area contributed by atoms with Crippen molar-refractivity contribution in [2.24, 2.45) is 0 Å². The van der Waals surface area contributed by atoms with E-state index in [9.17, 15) is 22.8 Å². The van der Waals surface area contributed by atoms with Gasteiger partial charge in [0.25, 0.3) is 0 Å². The number of hydrogen-bond acceptors (Lipinski definition) is 5. The van der Waals surface area contributed by atoms with Crippen LogP contribution in [0.5, 0.6) is 0 Å². The molecule has 0 saturated carbocycles. The monoisotopic (exact) mass is 393 g/mol. The minimum atomic E-state index is -4.55. The molecular weight excluding hydrogens is 383 g/mol. The third kappa shape index (κ3) is 5.98. The molecule has 2 heterocycles. The molecule has 0 atom stereocenters. The second-order valence-corrected chi connectivity index (χ2v) is 5.98. The lowest BCUT2D eigenvalue weighted by Crippen LogP contribution is -2.39. The van der Waals surface area contributed by atoms with Gasteiger partial charge in [-0.2, -0.15) is 13.2 Å². The predicted octanol–water partition coefficient (Wildman–Crippen LogP) is 3.46. The number of halogens is 4.